The Labute approximate surface area is 201 Å². The zero-order valence-electron chi connectivity index (χ0n) is 20.6. The molecule has 34 heavy (non-hydrogen) atoms. The molecule has 0 bridgehead atoms. The number of carbonyl (C=O) groups is 2. The lowest BCUT2D eigenvalue weighted by Crippen LogP contribution is -2.43. The number of pyridine rings is 1. The van der Waals surface area contributed by atoms with Gasteiger partial charge in [0.05, 0.1) is 11.6 Å². The quantitative estimate of drug-likeness (QED) is 0.517. The predicted molar refractivity (Wildman–Crippen MR) is 133 cm³/mol. The number of ketones is 1. The van der Waals surface area contributed by atoms with E-state index in [0.29, 0.717) is 23.0 Å². The number of fused-ring (bicyclic) bond motifs is 1. The van der Waals surface area contributed by atoms with Gasteiger partial charge in [-0.3, -0.25) is 9.59 Å². The number of nitriles is 1. The third-order valence-electron chi connectivity index (χ3n) is 7.15. The zero-order chi connectivity index (χ0) is 24.6. The molecular weight excluding hydrogens is 424 g/mol. The Morgan fingerprint density at radius 1 is 1.29 bits per heavy atom. The van der Waals surface area contributed by atoms with Gasteiger partial charge in [-0.05, 0) is 54.0 Å². The number of benzene rings is 1. The van der Waals surface area contributed by atoms with Crippen LogP contribution in [-0.4, -0.2) is 39.2 Å². The van der Waals surface area contributed by atoms with E-state index >= 15 is 0 Å². The van der Waals surface area contributed by atoms with Crippen molar-refractivity contribution in [3.63, 3.8) is 0 Å². The van der Waals surface area contributed by atoms with Gasteiger partial charge in [-0.2, -0.15) is 5.26 Å². The van der Waals surface area contributed by atoms with Gasteiger partial charge in [0.1, 0.15) is 5.65 Å². The van der Waals surface area contributed by atoms with Crippen LogP contribution in [0.1, 0.15) is 65.7 Å². The smallest absolute Gasteiger partial charge is 0.225 e. The fourth-order valence-electron chi connectivity index (χ4n) is 5.25. The number of likely N-dealkylation sites (tertiary alicyclic amines) is 1. The SMILES string of the molecule is Cc1c(CC(=O)c2cccc(C#N)c2)cnc2c1c([C@@H]1CCN(C(=O)C(C)C)C[C@@H]1C)cn2C. The van der Waals surface area contributed by atoms with Crippen molar-refractivity contribution in [1.82, 2.24) is 14.5 Å². The van der Waals surface area contributed by atoms with E-state index in [9.17, 15) is 9.59 Å². The third kappa shape index (κ3) is 4.35. The Hall–Kier alpha value is -3.46. The van der Waals surface area contributed by atoms with Gasteiger partial charge >= 0.3 is 0 Å². The van der Waals surface area contributed by atoms with E-state index in [4.69, 9.17) is 10.2 Å². The molecule has 0 unspecified atom stereocenters. The van der Waals surface area contributed by atoms with E-state index in [1.807, 2.05) is 25.8 Å². The van der Waals surface area contributed by atoms with E-state index < -0.39 is 0 Å². The maximum atomic E-state index is 13.0. The number of aromatic nitrogens is 2. The fourth-order valence-corrected chi connectivity index (χ4v) is 5.25. The Kier molecular flexibility index (Phi) is 6.56. The molecule has 4 rings (SSSR count). The number of rotatable bonds is 5. The molecule has 2 aromatic heterocycles. The number of Topliss-reactive ketones (excluding diaryl/α,β-unsaturated/α-hetero) is 1. The molecule has 1 amide bonds. The summed E-state index contributed by atoms with van der Waals surface area (Å²) in [6.45, 7) is 9.74. The molecule has 0 saturated carbocycles. The Bertz CT molecular complexity index is 1300. The number of amides is 1. The second-order valence-electron chi connectivity index (χ2n) is 9.91. The molecule has 3 aromatic rings. The van der Waals surface area contributed by atoms with Crippen LogP contribution in [0.5, 0.6) is 0 Å². The van der Waals surface area contributed by atoms with Gasteiger partial charge in [0.15, 0.2) is 5.78 Å². The van der Waals surface area contributed by atoms with Gasteiger partial charge < -0.3 is 9.47 Å². The summed E-state index contributed by atoms with van der Waals surface area (Å²) < 4.78 is 2.07. The van der Waals surface area contributed by atoms with Gasteiger partial charge in [0, 0.05) is 55.8 Å². The normalized spacial score (nSPS) is 18.3. The number of carbonyl (C=O) groups excluding carboxylic acids is 2. The second kappa shape index (κ2) is 9.42. The van der Waals surface area contributed by atoms with Crippen LogP contribution in [0.25, 0.3) is 11.0 Å². The van der Waals surface area contributed by atoms with Crippen molar-refractivity contribution in [2.75, 3.05) is 13.1 Å². The molecule has 1 fully saturated rings. The monoisotopic (exact) mass is 456 g/mol. The standard InChI is InChI=1S/C28H32N4O2/c1-17(2)28(34)32-10-9-23(18(3)15-32)24-16-31(5)27-26(24)19(4)22(14-30-27)12-25(33)21-8-6-7-20(11-21)13-29/h6-8,11,14,16-18,23H,9-10,12,15H2,1-5H3/t18-,23+/m0/s1. The van der Waals surface area contributed by atoms with Crippen molar-refractivity contribution < 1.29 is 9.59 Å². The highest BCUT2D eigenvalue weighted by Gasteiger charge is 2.32. The van der Waals surface area contributed by atoms with E-state index in [1.54, 1.807) is 30.5 Å². The van der Waals surface area contributed by atoms with Gasteiger partial charge in [-0.25, -0.2) is 4.98 Å². The molecule has 1 aromatic carbocycles. The Morgan fingerprint density at radius 2 is 2.06 bits per heavy atom. The average molecular weight is 457 g/mol. The van der Waals surface area contributed by atoms with E-state index in [2.05, 4.69) is 30.7 Å². The summed E-state index contributed by atoms with van der Waals surface area (Å²) in [5.74, 6) is 0.885. The molecule has 0 radical (unpaired) electrons. The number of nitrogens with zero attached hydrogens (tertiary/aromatic N) is 4. The highest BCUT2D eigenvalue weighted by Crippen LogP contribution is 2.39. The van der Waals surface area contributed by atoms with Crippen molar-refractivity contribution >= 4 is 22.7 Å². The molecule has 0 N–H and O–H groups in total. The van der Waals surface area contributed by atoms with Crippen LogP contribution in [0.4, 0.5) is 0 Å². The third-order valence-corrected chi connectivity index (χ3v) is 7.15. The van der Waals surface area contributed by atoms with Crippen LogP contribution in [0.15, 0.2) is 36.7 Å². The molecule has 1 saturated heterocycles. The Balaban J connectivity index is 1.65. The molecule has 3 heterocycles. The Morgan fingerprint density at radius 3 is 2.74 bits per heavy atom. The zero-order valence-corrected chi connectivity index (χ0v) is 20.6. The number of hydrogen-bond acceptors (Lipinski definition) is 4. The molecule has 176 valence electrons. The lowest BCUT2D eigenvalue weighted by atomic mass is 9.80. The summed E-state index contributed by atoms with van der Waals surface area (Å²) in [6, 6.07) is 8.94. The van der Waals surface area contributed by atoms with Crippen LogP contribution in [0.3, 0.4) is 0 Å². The molecule has 6 nitrogen and oxygen atoms in total. The molecule has 0 spiro atoms. The van der Waals surface area contributed by atoms with Crippen LogP contribution in [-0.2, 0) is 18.3 Å². The first-order chi connectivity index (χ1) is 16.2. The van der Waals surface area contributed by atoms with E-state index in [0.717, 1.165) is 41.7 Å². The lowest BCUT2D eigenvalue weighted by Gasteiger charge is -2.38. The predicted octanol–water partition coefficient (Wildman–Crippen LogP) is 4.79. The second-order valence-corrected chi connectivity index (χ2v) is 9.91. The molecule has 0 aliphatic carbocycles. The molecule has 1 aliphatic heterocycles. The maximum Gasteiger partial charge on any atom is 0.225 e. The maximum absolute atomic E-state index is 13.0. The van der Waals surface area contributed by atoms with E-state index in [-0.39, 0.29) is 24.0 Å². The first kappa shape index (κ1) is 23.7. The lowest BCUT2D eigenvalue weighted by molar-refractivity contribution is -0.136. The summed E-state index contributed by atoms with van der Waals surface area (Å²) in [4.78, 5) is 32.2. The molecule has 1 aliphatic rings. The van der Waals surface area contributed by atoms with Crippen molar-refractivity contribution in [3.05, 3.63) is 64.5 Å². The van der Waals surface area contributed by atoms with Crippen molar-refractivity contribution in [3.8, 4) is 6.07 Å². The fraction of sp³-hybridized carbons (Fsp3) is 0.429. The van der Waals surface area contributed by atoms with Crippen molar-refractivity contribution in [2.24, 2.45) is 18.9 Å². The average Bonchev–Trinajstić information content (AvgIpc) is 3.16. The highest BCUT2D eigenvalue weighted by atomic mass is 16.2. The van der Waals surface area contributed by atoms with Gasteiger partial charge in [0.2, 0.25) is 5.91 Å². The molecular formula is C28H32N4O2. The highest BCUT2D eigenvalue weighted by molar-refractivity contribution is 5.98. The van der Waals surface area contributed by atoms with Gasteiger partial charge in [-0.1, -0.05) is 32.9 Å². The minimum absolute atomic E-state index is 0.0155. The van der Waals surface area contributed by atoms with Crippen LogP contribution in [0, 0.1) is 30.1 Å². The summed E-state index contributed by atoms with van der Waals surface area (Å²) in [5, 5.41) is 10.3. The summed E-state index contributed by atoms with van der Waals surface area (Å²) in [6.07, 6.45) is 5.14. The summed E-state index contributed by atoms with van der Waals surface area (Å²) in [7, 11) is 2.01. The van der Waals surface area contributed by atoms with Crippen LogP contribution in [0.2, 0.25) is 0 Å². The summed E-state index contributed by atoms with van der Waals surface area (Å²) in [5.41, 5.74) is 5.20. The minimum Gasteiger partial charge on any atom is -0.342 e. The first-order valence-corrected chi connectivity index (χ1v) is 12.0. The van der Waals surface area contributed by atoms with Crippen LogP contribution >= 0.6 is 0 Å². The molecule has 2 atom stereocenters. The minimum atomic E-state index is -0.0206. The number of piperidine rings is 1. The topological polar surface area (TPSA) is 79.0 Å². The van der Waals surface area contributed by atoms with Gasteiger partial charge in [0.25, 0.3) is 0 Å². The van der Waals surface area contributed by atoms with Crippen molar-refractivity contribution in [2.45, 2.75) is 46.5 Å². The van der Waals surface area contributed by atoms with E-state index in [1.165, 1.54) is 5.56 Å². The van der Waals surface area contributed by atoms with Gasteiger partial charge in [-0.15, -0.1) is 0 Å². The van der Waals surface area contributed by atoms with Crippen molar-refractivity contribution in [1.29, 1.82) is 5.26 Å². The van der Waals surface area contributed by atoms with Crippen LogP contribution < -0.4 is 0 Å². The largest absolute Gasteiger partial charge is 0.342 e. The first-order valence-electron chi connectivity index (χ1n) is 12.0. The molecule has 6 heteroatoms. The summed E-state index contributed by atoms with van der Waals surface area (Å²) >= 11 is 0. The number of hydrogen-bond donors (Lipinski definition) is 0. The number of aryl methyl sites for hydroxylation is 2.